The highest BCUT2D eigenvalue weighted by Crippen LogP contribution is 2.18. The fourth-order valence-electron chi connectivity index (χ4n) is 2.36. The van der Waals surface area contributed by atoms with E-state index in [1.54, 1.807) is 18.2 Å². The fraction of sp³-hybridized carbons (Fsp3) is 0.211. The molecule has 1 N–H and O–H groups in total. The van der Waals surface area contributed by atoms with Gasteiger partial charge in [-0.25, -0.2) is 4.79 Å². The summed E-state index contributed by atoms with van der Waals surface area (Å²) in [6.45, 7) is 2.18. The SMILES string of the molecule is CCCC(=O)Nc1ccc2nc(OCc3ccccc3)oc(=O)c2c1. The number of rotatable bonds is 6. The minimum absolute atomic E-state index is 0.0795. The van der Waals surface area contributed by atoms with Crippen LogP contribution in [-0.2, 0) is 11.4 Å². The molecule has 25 heavy (non-hydrogen) atoms. The van der Waals surface area contributed by atoms with Gasteiger partial charge in [0.1, 0.15) is 6.61 Å². The van der Waals surface area contributed by atoms with Gasteiger partial charge in [-0.05, 0) is 30.2 Å². The van der Waals surface area contributed by atoms with Crippen LogP contribution in [0.25, 0.3) is 10.9 Å². The Labute approximate surface area is 144 Å². The molecular formula is C19H18N2O4. The topological polar surface area (TPSA) is 81.4 Å². The summed E-state index contributed by atoms with van der Waals surface area (Å²) in [6, 6.07) is 14.4. The van der Waals surface area contributed by atoms with Crippen LogP contribution < -0.4 is 15.7 Å². The van der Waals surface area contributed by atoms with Crippen LogP contribution >= 0.6 is 0 Å². The van der Waals surface area contributed by atoms with E-state index in [4.69, 9.17) is 9.15 Å². The van der Waals surface area contributed by atoms with Gasteiger partial charge in [0.25, 0.3) is 0 Å². The van der Waals surface area contributed by atoms with E-state index in [0.29, 0.717) is 23.0 Å². The number of hydrogen-bond acceptors (Lipinski definition) is 5. The van der Waals surface area contributed by atoms with Crippen molar-refractivity contribution in [1.29, 1.82) is 0 Å². The molecule has 0 radical (unpaired) electrons. The molecule has 0 unspecified atom stereocenters. The van der Waals surface area contributed by atoms with Crippen molar-refractivity contribution in [2.75, 3.05) is 5.32 Å². The van der Waals surface area contributed by atoms with Crippen LogP contribution in [-0.4, -0.2) is 10.9 Å². The van der Waals surface area contributed by atoms with Gasteiger partial charge in [0.2, 0.25) is 5.91 Å². The zero-order chi connectivity index (χ0) is 17.6. The van der Waals surface area contributed by atoms with Gasteiger partial charge >= 0.3 is 11.7 Å². The number of nitrogens with zero attached hydrogens (tertiary/aromatic N) is 1. The first kappa shape index (κ1) is 16.7. The van der Waals surface area contributed by atoms with Crippen molar-refractivity contribution < 1.29 is 13.9 Å². The lowest BCUT2D eigenvalue weighted by molar-refractivity contribution is -0.116. The Kier molecular flexibility index (Phi) is 5.09. The van der Waals surface area contributed by atoms with Crippen molar-refractivity contribution in [2.24, 2.45) is 0 Å². The molecule has 2 aromatic carbocycles. The summed E-state index contributed by atoms with van der Waals surface area (Å²) in [6.07, 6.45) is 1.10. The molecule has 128 valence electrons. The van der Waals surface area contributed by atoms with Gasteiger partial charge < -0.3 is 14.5 Å². The standard InChI is InChI=1S/C19H18N2O4/c1-2-6-17(22)20-14-9-10-16-15(11-14)18(23)25-19(21-16)24-12-13-7-4-3-5-8-13/h3-5,7-11H,2,6,12H2,1H3,(H,20,22). The molecule has 6 heteroatoms. The van der Waals surface area contributed by atoms with Crippen LogP contribution in [0.5, 0.6) is 6.08 Å². The third-order valence-corrected chi connectivity index (χ3v) is 3.57. The number of fused-ring (bicyclic) bond motifs is 1. The number of carbonyl (C=O) groups excluding carboxylic acids is 1. The molecule has 0 spiro atoms. The van der Waals surface area contributed by atoms with Gasteiger partial charge in [0, 0.05) is 12.1 Å². The maximum atomic E-state index is 12.2. The Morgan fingerprint density at radius 1 is 1.20 bits per heavy atom. The molecule has 0 bridgehead atoms. The number of benzene rings is 2. The lowest BCUT2D eigenvalue weighted by Crippen LogP contribution is -2.11. The van der Waals surface area contributed by atoms with Crippen LogP contribution in [0.15, 0.2) is 57.7 Å². The van der Waals surface area contributed by atoms with Crippen LogP contribution in [0.2, 0.25) is 0 Å². The second-order valence-electron chi connectivity index (χ2n) is 5.57. The summed E-state index contributed by atoms with van der Waals surface area (Å²) >= 11 is 0. The summed E-state index contributed by atoms with van der Waals surface area (Å²) in [7, 11) is 0. The van der Waals surface area contributed by atoms with Gasteiger partial charge in [-0.2, -0.15) is 4.98 Å². The van der Waals surface area contributed by atoms with Crippen molar-refractivity contribution in [1.82, 2.24) is 4.98 Å². The molecule has 0 fully saturated rings. The van der Waals surface area contributed by atoms with E-state index < -0.39 is 5.63 Å². The second kappa shape index (κ2) is 7.61. The quantitative estimate of drug-likeness (QED) is 0.744. The summed E-state index contributed by atoms with van der Waals surface area (Å²) in [5.74, 6) is -0.0954. The Hall–Kier alpha value is -3.15. The van der Waals surface area contributed by atoms with Crippen molar-refractivity contribution >= 4 is 22.5 Å². The maximum Gasteiger partial charge on any atom is 0.397 e. The van der Waals surface area contributed by atoms with Crippen molar-refractivity contribution in [2.45, 2.75) is 26.4 Å². The fourth-order valence-corrected chi connectivity index (χ4v) is 2.36. The van der Waals surface area contributed by atoms with Gasteiger partial charge in [-0.15, -0.1) is 0 Å². The molecule has 6 nitrogen and oxygen atoms in total. The molecule has 1 heterocycles. The van der Waals surface area contributed by atoms with Gasteiger partial charge in [-0.3, -0.25) is 4.79 Å². The highest BCUT2D eigenvalue weighted by Gasteiger charge is 2.10. The molecule has 0 aliphatic carbocycles. The number of aromatic nitrogens is 1. The number of ether oxygens (including phenoxy) is 1. The lowest BCUT2D eigenvalue weighted by Gasteiger charge is -2.07. The van der Waals surface area contributed by atoms with Crippen LogP contribution in [0.4, 0.5) is 5.69 Å². The van der Waals surface area contributed by atoms with E-state index in [1.165, 1.54) is 0 Å². The molecule has 3 aromatic rings. The third-order valence-electron chi connectivity index (χ3n) is 3.57. The van der Waals surface area contributed by atoms with E-state index in [2.05, 4.69) is 10.3 Å². The molecule has 0 aliphatic heterocycles. The van der Waals surface area contributed by atoms with Crippen LogP contribution in [0, 0.1) is 0 Å². The molecule has 1 amide bonds. The van der Waals surface area contributed by atoms with Crippen LogP contribution in [0.3, 0.4) is 0 Å². The Morgan fingerprint density at radius 3 is 2.76 bits per heavy atom. The van der Waals surface area contributed by atoms with E-state index in [0.717, 1.165) is 12.0 Å². The van der Waals surface area contributed by atoms with E-state index >= 15 is 0 Å². The Bertz CT molecular complexity index is 935. The van der Waals surface area contributed by atoms with E-state index in [-0.39, 0.29) is 18.6 Å². The number of anilines is 1. The summed E-state index contributed by atoms with van der Waals surface area (Å²) in [5, 5.41) is 3.04. The highest BCUT2D eigenvalue weighted by atomic mass is 16.6. The number of amides is 1. The second-order valence-corrected chi connectivity index (χ2v) is 5.57. The summed E-state index contributed by atoms with van der Waals surface area (Å²) in [4.78, 5) is 28.0. The Balaban J connectivity index is 1.80. The smallest absolute Gasteiger partial charge is 0.397 e. The van der Waals surface area contributed by atoms with E-state index in [9.17, 15) is 9.59 Å². The minimum atomic E-state index is -0.556. The molecule has 3 rings (SSSR count). The first-order valence-corrected chi connectivity index (χ1v) is 8.07. The lowest BCUT2D eigenvalue weighted by atomic mass is 10.2. The minimum Gasteiger partial charge on any atom is -0.445 e. The van der Waals surface area contributed by atoms with E-state index in [1.807, 2.05) is 37.3 Å². The molecular weight excluding hydrogens is 320 g/mol. The monoisotopic (exact) mass is 338 g/mol. The van der Waals surface area contributed by atoms with Crippen LogP contribution in [0.1, 0.15) is 25.3 Å². The molecule has 1 aromatic heterocycles. The summed E-state index contributed by atoms with van der Waals surface area (Å²) < 4.78 is 10.6. The predicted octanol–water partition coefficient (Wildman–Crippen LogP) is 3.51. The molecule has 0 atom stereocenters. The average molecular weight is 338 g/mol. The Morgan fingerprint density at radius 2 is 2.00 bits per heavy atom. The maximum absolute atomic E-state index is 12.2. The number of nitrogens with one attached hydrogen (secondary N) is 1. The van der Waals surface area contributed by atoms with Gasteiger partial charge in [0.05, 0.1) is 10.9 Å². The van der Waals surface area contributed by atoms with Gasteiger partial charge in [0.15, 0.2) is 0 Å². The predicted molar refractivity (Wildman–Crippen MR) is 94.6 cm³/mol. The highest BCUT2D eigenvalue weighted by molar-refractivity contribution is 5.93. The zero-order valence-electron chi connectivity index (χ0n) is 13.8. The molecule has 0 saturated heterocycles. The normalized spacial score (nSPS) is 10.6. The number of hydrogen-bond donors (Lipinski definition) is 1. The third kappa shape index (κ3) is 4.23. The average Bonchev–Trinajstić information content (AvgIpc) is 2.61. The summed E-state index contributed by atoms with van der Waals surface area (Å²) in [5.41, 5.74) is 1.38. The molecule has 0 saturated carbocycles. The first-order valence-electron chi connectivity index (χ1n) is 8.07. The number of carbonyl (C=O) groups is 1. The first-order chi connectivity index (χ1) is 12.2. The van der Waals surface area contributed by atoms with Crippen molar-refractivity contribution in [3.05, 3.63) is 64.5 Å². The van der Waals surface area contributed by atoms with Gasteiger partial charge in [-0.1, -0.05) is 37.3 Å². The van der Waals surface area contributed by atoms with Crippen molar-refractivity contribution in [3.63, 3.8) is 0 Å². The zero-order valence-corrected chi connectivity index (χ0v) is 13.8. The van der Waals surface area contributed by atoms with Crippen molar-refractivity contribution in [3.8, 4) is 6.08 Å². The molecule has 0 aliphatic rings. The largest absolute Gasteiger partial charge is 0.445 e.